The third-order valence-electron chi connectivity index (χ3n) is 3.63. The largest absolute Gasteiger partial charge is 0.481 e. The molecular weight excluding hydrogens is 296 g/mol. The second-order valence-corrected chi connectivity index (χ2v) is 5.44. The van der Waals surface area contributed by atoms with Crippen LogP contribution >= 0.6 is 0 Å². The molecule has 0 aliphatic carbocycles. The molecule has 0 radical (unpaired) electrons. The van der Waals surface area contributed by atoms with Gasteiger partial charge in [0.15, 0.2) is 0 Å². The van der Waals surface area contributed by atoms with Crippen molar-refractivity contribution in [3.8, 4) is 0 Å². The minimum atomic E-state index is -1.17. The van der Waals surface area contributed by atoms with Crippen molar-refractivity contribution < 1.29 is 39.6 Å². The minimum Gasteiger partial charge on any atom is -0.481 e. The van der Waals surface area contributed by atoms with E-state index < -0.39 is 48.6 Å². The molecule has 0 aromatic heterocycles. The summed E-state index contributed by atoms with van der Waals surface area (Å²) in [5, 5.41) is 35.2. The van der Waals surface area contributed by atoms with Crippen LogP contribution in [0.5, 0.6) is 0 Å². The summed E-state index contributed by atoms with van der Waals surface area (Å²) in [6.45, 7) is 1.65. The van der Waals surface area contributed by atoms with Crippen LogP contribution < -0.4 is 0 Å². The van der Waals surface area contributed by atoms with Crippen molar-refractivity contribution in [2.45, 2.75) is 45.4 Å². The number of carbonyl (C=O) groups is 4. The summed E-state index contributed by atoms with van der Waals surface area (Å²) >= 11 is 0. The molecule has 8 heteroatoms. The zero-order valence-corrected chi connectivity index (χ0v) is 12.4. The van der Waals surface area contributed by atoms with Crippen LogP contribution in [0, 0.1) is 17.8 Å². The van der Waals surface area contributed by atoms with Crippen LogP contribution in [0.25, 0.3) is 0 Å². The highest BCUT2D eigenvalue weighted by Gasteiger charge is 2.27. The highest BCUT2D eigenvalue weighted by molar-refractivity contribution is 5.78. The van der Waals surface area contributed by atoms with Gasteiger partial charge in [-0.05, 0) is 18.8 Å². The van der Waals surface area contributed by atoms with Crippen molar-refractivity contribution >= 4 is 23.9 Å². The Morgan fingerprint density at radius 3 is 1.68 bits per heavy atom. The number of carboxylic acids is 4. The number of unbranched alkanes of at least 4 members (excludes halogenated alkanes) is 1. The van der Waals surface area contributed by atoms with Gasteiger partial charge >= 0.3 is 23.9 Å². The van der Waals surface area contributed by atoms with Crippen LogP contribution in [0.1, 0.15) is 45.4 Å². The standard InChI is InChI=1S/C14H22O8/c1-8(10(14(21)22)7-12(17)18)4-2-3-5-9(13(19)20)6-11(15)16/h8-10H,2-7H2,1H3,(H,15,16)(H,17,18)(H,19,20)(H,21,22). The van der Waals surface area contributed by atoms with Gasteiger partial charge in [-0.3, -0.25) is 19.2 Å². The zero-order chi connectivity index (χ0) is 17.3. The molecule has 126 valence electrons. The predicted molar refractivity (Wildman–Crippen MR) is 74.4 cm³/mol. The Hall–Kier alpha value is -2.12. The van der Waals surface area contributed by atoms with Gasteiger partial charge in [-0.25, -0.2) is 0 Å². The summed E-state index contributed by atoms with van der Waals surface area (Å²) in [4.78, 5) is 43.1. The summed E-state index contributed by atoms with van der Waals surface area (Å²) in [5.74, 6) is -6.96. The second kappa shape index (κ2) is 9.75. The Bertz CT molecular complexity index is 417. The van der Waals surface area contributed by atoms with Crippen LogP contribution in [0.3, 0.4) is 0 Å². The summed E-state index contributed by atoms with van der Waals surface area (Å²) in [6.07, 6.45) is 0.728. The molecule has 0 aromatic carbocycles. The fraction of sp³-hybridized carbons (Fsp3) is 0.714. The molecule has 22 heavy (non-hydrogen) atoms. The van der Waals surface area contributed by atoms with Gasteiger partial charge in [0.2, 0.25) is 0 Å². The van der Waals surface area contributed by atoms with Crippen LogP contribution in [0.15, 0.2) is 0 Å². The first kappa shape index (κ1) is 19.9. The highest BCUT2D eigenvalue weighted by Crippen LogP contribution is 2.23. The third-order valence-corrected chi connectivity index (χ3v) is 3.63. The summed E-state index contributed by atoms with van der Waals surface area (Å²) in [6, 6.07) is 0. The first-order valence-corrected chi connectivity index (χ1v) is 7.04. The average molecular weight is 318 g/mol. The van der Waals surface area contributed by atoms with E-state index in [2.05, 4.69) is 0 Å². The average Bonchev–Trinajstić information content (AvgIpc) is 2.37. The quantitative estimate of drug-likeness (QED) is 0.396. The summed E-state index contributed by atoms with van der Waals surface area (Å²) < 4.78 is 0. The molecule has 0 heterocycles. The molecule has 0 fully saturated rings. The lowest BCUT2D eigenvalue weighted by Crippen LogP contribution is -2.24. The Balaban J connectivity index is 4.26. The van der Waals surface area contributed by atoms with E-state index in [1.54, 1.807) is 6.92 Å². The molecule has 0 aliphatic rings. The highest BCUT2D eigenvalue weighted by atomic mass is 16.4. The van der Waals surface area contributed by atoms with Crippen LogP contribution in [0.4, 0.5) is 0 Å². The molecule has 0 rings (SSSR count). The molecule has 0 aromatic rings. The lowest BCUT2D eigenvalue weighted by atomic mass is 9.86. The van der Waals surface area contributed by atoms with Gasteiger partial charge in [-0.1, -0.05) is 19.8 Å². The van der Waals surface area contributed by atoms with Crippen LogP contribution in [-0.2, 0) is 19.2 Å². The van der Waals surface area contributed by atoms with E-state index in [-0.39, 0.29) is 12.3 Å². The van der Waals surface area contributed by atoms with E-state index in [0.29, 0.717) is 19.3 Å². The Kier molecular flexibility index (Phi) is 8.81. The number of hydrogen-bond donors (Lipinski definition) is 4. The molecule has 0 saturated carbocycles. The van der Waals surface area contributed by atoms with Gasteiger partial charge in [0, 0.05) is 0 Å². The van der Waals surface area contributed by atoms with Gasteiger partial charge in [0.05, 0.1) is 24.7 Å². The number of rotatable bonds is 12. The normalized spacial score (nSPS) is 14.8. The maximum atomic E-state index is 11.0. The van der Waals surface area contributed by atoms with Crippen LogP contribution in [0.2, 0.25) is 0 Å². The Morgan fingerprint density at radius 1 is 0.773 bits per heavy atom. The lowest BCUT2D eigenvalue weighted by Gasteiger charge is -2.18. The number of carboxylic acid groups (broad SMARTS) is 4. The monoisotopic (exact) mass is 318 g/mol. The summed E-state index contributed by atoms with van der Waals surface area (Å²) in [5.41, 5.74) is 0. The molecule has 4 N–H and O–H groups in total. The molecule has 0 amide bonds. The maximum Gasteiger partial charge on any atom is 0.307 e. The van der Waals surface area contributed by atoms with Crippen LogP contribution in [-0.4, -0.2) is 44.3 Å². The molecule has 3 unspecified atom stereocenters. The first-order chi connectivity index (χ1) is 10.1. The first-order valence-electron chi connectivity index (χ1n) is 7.04. The number of hydrogen-bond acceptors (Lipinski definition) is 4. The predicted octanol–water partition coefficient (Wildman–Crippen LogP) is 1.53. The lowest BCUT2D eigenvalue weighted by molar-refractivity contribution is -0.150. The van der Waals surface area contributed by atoms with E-state index in [1.807, 2.05) is 0 Å². The van der Waals surface area contributed by atoms with Crippen molar-refractivity contribution in [3.63, 3.8) is 0 Å². The molecule has 8 nitrogen and oxygen atoms in total. The van der Waals surface area contributed by atoms with E-state index in [1.165, 1.54) is 0 Å². The minimum absolute atomic E-state index is 0.199. The molecule has 0 spiro atoms. The smallest absolute Gasteiger partial charge is 0.307 e. The van der Waals surface area contributed by atoms with Gasteiger partial charge in [-0.2, -0.15) is 0 Å². The topological polar surface area (TPSA) is 149 Å². The van der Waals surface area contributed by atoms with Crippen molar-refractivity contribution in [1.29, 1.82) is 0 Å². The van der Waals surface area contributed by atoms with Crippen molar-refractivity contribution in [1.82, 2.24) is 0 Å². The van der Waals surface area contributed by atoms with Crippen molar-refractivity contribution in [3.05, 3.63) is 0 Å². The molecule has 3 atom stereocenters. The SMILES string of the molecule is CC(CCCCC(CC(=O)O)C(=O)O)C(CC(=O)O)C(=O)O. The van der Waals surface area contributed by atoms with Gasteiger partial charge < -0.3 is 20.4 Å². The molecular formula is C14H22O8. The van der Waals surface area contributed by atoms with E-state index >= 15 is 0 Å². The van der Waals surface area contributed by atoms with Gasteiger partial charge in [0.1, 0.15) is 0 Å². The fourth-order valence-electron chi connectivity index (χ4n) is 2.30. The summed E-state index contributed by atoms with van der Waals surface area (Å²) in [7, 11) is 0. The Morgan fingerprint density at radius 2 is 1.27 bits per heavy atom. The molecule has 0 aliphatic heterocycles. The second-order valence-electron chi connectivity index (χ2n) is 5.44. The van der Waals surface area contributed by atoms with E-state index in [9.17, 15) is 19.2 Å². The van der Waals surface area contributed by atoms with Crippen molar-refractivity contribution in [2.75, 3.05) is 0 Å². The van der Waals surface area contributed by atoms with Gasteiger partial charge in [-0.15, -0.1) is 0 Å². The van der Waals surface area contributed by atoms with E-state index in [0.717, 1.165) is 0 Å². The van der Waals surface area contributed by atoms with Gasteiger partial charge in [0.25, 0.3) is 0 Å². The maximum absolute atomic E-state index is 11.0. The number of aliphatic carboxylic acids is 4. The molecule has 0 bridgehead atoms. The third kappa shape index (κ3) is 8.23. The van der Waals surface area contributed by atoms with Crippen molar-refractivity contribution in [2.24, 2.45) is 17.8 Å². The van der Waals surface area contributed by atoms with E-state index in [4.69, 9.17) is 20.4 Å². The Labute approximate surface area is 127 Å². The molecule has 0 saturated heterocycles. The fourth-order valence-corrected chi connectivity index (χ4v) is 2.30. The zero-order valence-electron chi connectivity index (χ0n) is 12.4.